The Labute approximate surface area is 138 Å². The van der Waals surface area contributed by atoms with Crippen LogP contribution in [0.3, 0.4) is 0 Å². The molecule has 2 aromatic carbocycles. The second kappa shape index (κ2) is 5.96. The zero-order valence-electron chi connectivity index (χ0n) is 13.5. The number of aryl methyl sites for hydroxylation is 3. The van der Waals surface area contributed by atoms with Crippen LogP contribution in [0.1, 0.15) is 28.3 Å². The quantitative estimate of drug-likeness (QED) is 0.676. The summed E-state index contributed by atoms with van der Waals surface area (Å²) in [4.78, 5) is 24.1. The summed E-state index contributed by atoms with van der Waals surface area (Å²) in [6.07, 6.45) is -0.802. The number of benzene rings is 2. The van der Waals surface area contributed by atoms with Gasteiger partial charge >= 0.3 is 12.1 Å². The maximum atomic E-state index is 13.4. The van der Waals surface area contributed by atoms with E-state index in [1.54, 1.807) is 0 Å². The van der Waals surface area contributed by atoms with Crippen LogP contribution >= 0.6 is 0 Å². The van der Waals surface area contributed by atoms with E-state index in [4.69, 9.17) is 9.47 Å². The summed E-state index contributed by atoms with van der Waals surface area (Å²) in [5.74, 6) is -0.527. The standard InChI is InChI=1S/C18H16FNO4/c1-9-6-10(2)16(11(3)7-9)24-18(22)20-15-13-8-12(19)4-5-14(13)23-17(15)21/h4-8,15H,1-3H3,(H,20,22). The van der Waals surface area contributed by atoms with E-state index in [1.165, 1.54) is 12.1 Å². The molecule has 0 bridgehead atoms. The van der Waals surface area contributed by atoms with E-state index < -0.39 is 23.9 Å². The molecule has 5 nitrogen and oxygen atoms in total. The van der Waals surface area contributed by atoms with E-state index in [9.17, 15) is 14.0 Å². The number of halogens is 1. The number of carbonyl (C=O) groups is 2. The summed E-state index contributed by atoms with van der Waals surface area (Å²) in [7, 11) is 0. The molecule has 0 radical (unpaired) electrons. The van der Waals surface area contributed by atoms with Gasteiger partial charge in [0.2, 0.25) is 0 Å². The molecule has 1 aliphatic rings. The maximum absolute atomic E-state index is 13.4. The first-order chi connectivity index (χ1) is 11.3. The Kier molecular flexibility index (Phi) is 3.97. The fraction of sp³-hybridized carbons (Fsp3) is 0.222. The summed E-state index contributed by atoms with van der Waals surface area (Å²) in [5.41, 5.74) is 2.95. The lowest BCUT2D eigenvalue weighted by atomic mass is 10.1. The highest BCUT2D eigenvalue weighted by Gasteiger charge is 2.35. The number of amides is 1. The second-order valence-corrected chi connectivity index (χ2v) is 5.80. The van der Waals surface area contributed by atoms with Gasteiger partial charge in [-0.05, 0) is 50.1 Å². The number of rotatable bonds is 2. The van der Waals surface area contributed by atoms with Crippen LogP contribution in [0.5, 0.6) is 11.5 Å². The minimum Gasteiger partial charge on any atom is -0.424 e. The van der Waals surface area contributed by atoms with Crippen molar-refractivity contribution in [3.63, 3.8) is 0 Å². The average molecular weight is 329 g/mol. The molecule has 1 aliphatic heterocycles. The summed E-state index contributed by atoms with van der Waals surface area (Å²) < 4.78 is 23.7. The Morgan fingerprint density at radius 1 is 1.17 bits per heavy atom. The van der Waals surface area contributed by atoms with Gasteiger partial charge in [-0.25, -0.2) is 14.0 Å². The van der Waals surface area contributed by atoms with Crippen LogP contribution in [0.4, 0.5) is 9.18 Å². The number of esters is 1. The van der Waals surface area contributed by atoms with Gasteiger partial charge in [0.25, 0.3) is 0 Å². The van der Waals surface area contributed by atoms with E-state index in [0.29, 0.717) is 5.75 Å². The first-order valence-electron chi connectivity index (χ1n) is 7.42. The van der Waals surface area contributed by atoms with Gasteiger partial charge in [0.15, 0.2) is 6.04 Å². The van der Waals surface area contributed by atoms with Gasteiger partial charge in [0.1, 0.15) is 17.3 Å². The zero-order valence-corrected chi connectivity index (χ0v) is 13.5. The fourth-order valence-corrected chi connectivity index (χ4v) is 2.84. The minimum atomic E-state index is -1.09. The third-order valence-corrected chi connectivity index (χ3v) is 3.79. The third-order valence-electron chi connectivity index (χ3n) is 3.79. The van der Waals surface area contributed by atoms with Crippen LogP contribution in [0.15, 0.2) is 30.3 Å². The molecular weight excluding hydrogens is 313 g/mol. The molecule has 1 atom stereocenters. The number of ether oxygens (including phenoxy) is 2. The number of nitrogens with one attached hydrogen (secondary N) is 1. The van der Waals surface area contributed by atoms with Gasteiger partial charge in [-0.3, -0.25) is 0 Å². The number of carbonyl (C=O) groups excluding carboxylic acids is 2. The average Bonchev–Trinajstić information content (AvgIpc) is 2.79. The second-order valence-electron chi connectivity index (χ2n) is 5.80. The fourth-order valence-electron chi connectivity index (χ4n) is 2.84. The van der Waals surface area contributed by atoms with Crippen molar-refractivity contribution in [3.8, 4) is 11.5 Å². The van der Waals surface area contributed by atoms with Gasteiger partial charge in [-0.15, -0.1) is 0 Å². The van der Waals surface area contributed by atoms with Crippen molar-refractivity contribution in [1.82, 2.24) is 5.32 Å². The van der Waals surface area contributed by atoms with Crippen LogP contribution in [0, 0.1) is 26.6 Å². The van der Waals surface area contributed by atoms with Crippen molar-refractivity contribution in [2.45, 2.75) is 26.8 Å². The highest BCUT2D eigenvalue weighted by molar-refractivity contribution is 5.89. The number of hydrogen-bond donors (Lipinski definition) is 1. The van der Waals surface area contributed by atoms with Crippen molar-refractivity contribution >= 4 is 12.1 Å². The molecule has 0 fully saturated rings. The van der Waals surface area contributed by atoms with E-state index in [-0.39, 0.29) is 11.3 Å². The highest BCUT2D eigenvalue weighted by atomic mass is 19.1. The summed E-state index contributed by atoms with van der Waals surface area (Å²) in [6, 6.07) is 6.39. The van der Waals surface area contributed by atoms with Crippen LogP contribution in [-0.2, 0) is 4.79 Å². The molecule has 0 saturated heterocycles. The Balaban J connectivity index is 1.79. The van der Waals surface area contributed by atoms with Crippen molar-refractivity contribution in [1.29, 1.82) is 0 Å². The normalized spacial score (nSPS) is 15.7. The van der Waals surface area contributed by atoms with Crippen LogP contribution < -0.4 is 14.8 Å². The van der Waals surface area contributed by atoms with Crippen LogP contribution in [0.2, 0.25) is 0 Å². The molecule has 1 amide bonds. The Morgan fingerprint density at radius 2 is 1.83 bits per heavy atom. The van der Waals surface area contributed by atoms with Crippen molar-refractivity contribution in [2.75, 3.05) is 0 Å². The molecule has 0 aliphatic carbocycles. The van der Waals surface area contributed by atoms with Crippen molar-refractivity contribution < 1.29 is 23.5 Å². The first kappa shape index (κ1) is 16.0. The topological polar surface area (TPSA) is 64.6 Å². The molecule has 124 valence electrons. The lowest BCUT2D eigenvalue weighted by Gasteiger charge is -2.14. The largest absolute Gasteiger partial charge is 0.424 e. The molecular formula is C18H16FNO4. The smallest absolute Gasteiger partial charge is 0.413 e. The Bertz CT molecular complexity index is 824. The van der Waals surface area contributed by atoms with Gasteiger partial charge < -0.3 is 14.8 Å². The van der Waals surface area contributed by atoms with Crippen LogP contribution in [0.25, 0.3) is 0 Å². The SMILES string of the molecule is Cc1cc(C)c(OC(=O)NC2C(=O)Oc3ccc(F)cc32)c(C)c1. The first-order valence-corrected chi connectivity index (χ1v) is 7.42. The molecule has 1 unspecified atom stereocenters. The lowest BCUT2D eigenvalue weighted by molar-refractivity contribution is -0.134. The Hall–Kier alpha value is -2.89. The van der Waals surface area contributed by atoms with E-state index in [1.807, 2.05) is 32.9 Å². The number of hydrogen-bond acceptors (Lipinski definition) is 4. The summed E-state index contributed by atoms with van der Waals surface area (Å²) in [5, 5.41) is 2.43. The molecule has 2 aromatic rings. The monoisotopic (exact) mass is 329 g/mol. The van der Waals surface area contributed by atoms with Crippen molar-refractivity contribution in [2.24, 2.45) is 0 Å². The predicted molar refractivity (Wildman–Crippen MR) is 84.6 cm³/mol. The lowest BCUT2D eigenvalue weighted by Crippen LogP contribution is -2.34. The predicted octanol–water partition coefficient (Wildman–Crippen LogP) is 3.50. The minimum absolute atomic E-state index is 0.231. The zero-order chi connectivity index (χ0) is 17.4. The maximum Gasteiger partial charge on any atom is 0.413 e. The number of fused-ring (bicyclic) bond motifs is 1. The molecule has 6 heteroatoms. The van der Waals surface area contributed by atoms with E-state index in [0.717, 1.165) is 22.8 Å². The molecule has 1 heterocycles. The molecule has 0 aromatic heterocycles. The summed E-state index contributed by atoms with van der Waals surface area (Å²) in [6.45, 7) is 5.61. The van der Waals surface area contributed by atoms with E-state index >= 15 is 0 Å². The molecule has 0 saturated carbocycles. The Morgan fingerprint density at radius 3 is 2.50 bits per heavy atom. The highest BCUT2D eigenvalue weighted by Crippen LogP contribution is 2.34. The molecule has 24 heavy (non-hydrogen) atoms. The third kappa shape index (κ3) is 2.95. The molecule has 1 N–H and O–H groups in total. The van der Waals surface area contributed by atoms with Crippen molar-refractivity contribution in [3.05, 3.63) is 58.4 Å². The molecule has 3 rings (SSSR count). The summed E-state index contributed by atoms with van der Waals surface area (Å²) >= 11 is 0. The van der Waals surface area contributed by atoms with Gasteiger partial charge in [0, 0.05) is 5.56 Å². The van der Waals surface area contributed by atoms with E-state index in [2.05, 4.69) is 5.32 Å². The van der Waals surface area contributed by atoms with Gasteiger partial charge in [-0.2, -0.15) is 0 Å². The molecule has 0 spiro atoms. The van der Waals surface area contributed by atoms with Gasteiger partial charge in [-0.1, -0.05) is 17.7 Å². The van der Waals surface area contributed by atoms with Crippen LogP contribution in [-0.4, -0.2) is 12.1 Å². The van der Waals surface area contributed by atoms with Gasteiger partial charge in [0.05, 0.1) is 0 Å².